The number of piperidine rings is 1. The van der Waals surface area contributed by atoms with Crippen molar-refractivity contribution in [3.63, 3.8) is 0 Å². The Balaban J connectivity index is 1.65. The molecule has 1 aromatic rings. The van der Waals surface area contributed by atoms with Gasteiger partial charge in [-0.05, 0) is 52.1 Å². The van der Waals surface area contributed by atoms with Gasteiger partial charge < -0.3 is 15.6 Å². The summed E-state index contributed by atoms with van der Waals surface area (Å²) in [5.41, 5.74) is 7.32. The van der Waals surface area contributed by atoms with Gasteiger partial charge in [0, 0.05) is 36.3 Å². The highest BCUT2D eigenvalue weighted by Crippen LogP contribution is 2.32. The molecule has 1 saturated carbocycles. The number of H-pyrrole nitrogens is 1. The van der Waals surface area contributed by atoms with E-state index < -0.39 is 0 Å². The molecule has 4 nitrogen and oxygen atoms in total. The first-order chi connectivity index (χ1) is 9.22. The normalized spacial score (nSPS) is 33.5. The number of imidazole rings is 1. The number of hydrogen-bond donors (Lipinski definition) is 2. The molecule has 106 valence electrons. The Bertz CT molecular complexity index is 406. The van der Waals surface area contributed by atoms with Gasteiger partial charge in [0.2, 0.25) is 0 Å². The second-order valence-corrected chi connectivity index (χ2v) is 6.44. The molecular formula is C15H26N4. The van der Waals surface area contributed by atoms with Crippen LogP contribution in [-0.2, 0) is 0 Å². The predicted molar refractivity (Wildman–Crippen MR) is 77.2 cm³/mol. The summed E-state index contributed by atoms with van der Waals surface area (Å²) < 4.78 is 0. The Labute approximate surface area is 115 Å². The molecule has 19 heavy (non-hydrogen) atoms. The summed E-state index contributed by atoms with van der Waals surface area (Å²) in [6.07, 6.45) is 9.35. The number of rotatable bonds is 2. The molecule has 1 unspecified atom stereocenters. The molecule has 2 fully saturated rings. The molecule has 4 heteroatoms. The first-order valence-corrected chi connectivity index (χ1v) is 7.71. The van der Waals surface area contributed by atoms with Crippen LogP contribution in [0.15, 0.2) is 6.20 Å². The lowest BCUT2D eigenvalue weighted by atomic mass is 9.86. The van der Waals surface area contributed by atoms with Crippen molar-refractivity contribution in [3.8, 4) is 0 Å². The number of nitrogens with one attached hydrogen (secondary N) is 1. The van der Waals surface area contributed by atoms with Gasteiger partial charge in [0.1, 0.15) is 5.82 Å². The fourth-order valence-electron chi connectivity index (χ4n) is 3.58. The van der Waals surface area contributed by atoms with Crippen LogP contribution in [0, 0.1) is 0 Å². The second kappa shape index (κ2) is 5.63. The zero-order chi connectivity index (χ0) is 13.2. The number of aromatic amines is 1. The van der Waals surface area contributed by atoms with Gasteiger partial charge >= 0.3 is 0 Å². The Kier molecular flexibility index (Phi) is 3.89. The molecule has 3 rings (SSSR count). The average Bonchev–Trinajstić information content (AvgIpc) is 2.89. The van der Waals surface area contributed by atoms with E-state index in [1.54, 1.807) is 0 Å². The quantitative estimate of drug-likeness (QED) is 0.859. The lowest BCUT2D eigenvalue weighted by Gasteiger charge is -2.29. The first kappa shape index (κ1) is 13.1. The van der Waals surface area contributed by atoms with E-state index in [-0.39, 0.29) is 0 Å². The van der Waals surface area contributed by atoms with Gasteiger partial charge in [-0.1, -0.05) is 0 Å². The summed E-state index contributed by atoms with van der Waals surface area (Å²) in [7, 11) is 2.21. The third-order valence-corrected chi connectivity index (χ3v) is 4.84. The van der Waals surface area contributed by atoms with Crippen LogP contribution < -0.4 is 5.73 Å². The highest BCUT2D eigenvalue weighted by molar-refractivity contribution is 5.12. The summed E-state index contributed by atoms with van der Waals surface area (Å²) >= 11 is 0. The average molecular weight is 262 g/mol. The third-order valence-electron chi connectivity index (χ3n) is 4.84. The zero-order valence-electron chi connectivity index (χ0n) is 11.9. The van der Waals surface area contributed by atoms with Gasteiger partial charge in [-0.25, -0.2) is 4.98 Å². The maximum atomic E-state index is 5.98. The topological polar surface area (TPSA) is 57.9 Å². The molecule has 0 amide bonds. The third kappa shape index (κ3) is 3.00. The largest absolute Gasteiger partial charge is 0.345 e. The molecular weight excluding hydrogens is 236 g/mol. The Morgan fingerprint density at radius 2 is 2.00 bits per heavy atom. The minimum Gasteiger partial charge on any atom is -0.345 e. The number of hydrogen-bond acceptors (Lipinski definition) is 3. The van der Waals surface area contributed by atoms with E-state index in [1.807, 2.05) is 0 Å². The van der Waals surface area contributed by atoms with Crippen molar-refractivity contribution >= 4 is 0 Å². The fraction of sp³-hybridized carbons (Fsp3) is 0.800. The van der Waals surface area contributed by atoms with Crippen LogP contribution in [0.4, 0.5) is 0 Å². The number of nitrogens with zero attached hydrogens (tertiary/aromatic N) is 2. The lowest BCUT2D eigenvalue weighted by molar-refractivity contribution is 0.248. The first-order valence-electron chi connectivity index (χ1n) is 7.71. The zero-order valence-corrected chi connectivity index (χ0v) is 11.9. The van der Waals surface area contributed by atoms with E-state index >= 15 is 0 Å². The second-order valence-electron chi connectivity index (χ2n) is 6.44. The Hall–Kier alpha value is -0.870. The van der Waals surface area contributed by atoms with Gasteiger partial charge in [0.05, 0.1) is 0 Å². The molecule has 2 heterocycles. The van der Waals surface area contributed by atoms with Crippen molar-refractivity contribution in [3.05, 3.63) is 17.7 Å². The molecule has 0 bridgehead atoms. The predicted octanol–water partition coefficient (Wildman–Crippen LogP) is 2.20. The summed E-state index contributed by atoms with van der Waals surface area (Å²) in [5.74, 6) is 2.45. The summed E-state index contributed by atoms with van der Waals surface area (Å²) in [6.45, 7) is 2.40. The standard InChI is InChI=1S/C15H26N4/c1-19-8-2-3-12(10-19)14-9-17-15(18-14)11-4-6-13(16)7-5-11/h9,11-13H,2-8,10,16H2,1H3,(H,17,18). The summed E-state index contributed by atoms with van der Waals surface area (Å²) in [5, 5.41) is 0. The summed E-state index contributed by atoms with van der Waals surface area (Å²) in [6, 6.07) is 0.415. The van der Waals surface area contributed by atoms with Crippen LogP contribution in [0.2, 0.25) is 0 Å². The number of likely N-dealkylation sites (tertiary alicyclic amines) is 1. The van der Waals surface area contributed by atoms with Crippen LogP contribution in [-0.4, -0.2) is 41.0 Å². The minimum atomic E-state index is 0.415. The SMILES string of the molecule is CN1CCCC(c2cnc(C3CCC(N)CC3)[nH]2)C1. The molecule has 0 spiro atoms. The van der Waals surface area contributed by atoms with Crippen molar-refractivity contribution < 1.29 is 0 Å². The van der Waals surface area contributed by atoms with Gasteiger partial charge in [0.15, 0.2) is 0 Å². The molecule has 3 N–H and O–H groups in total. The van der Waals surface area contributed by atoms with E-state index in [0.29, 0.717) is 17.9 Å². The van der Waals surface area contributed by atoms with E-state index in [0.717, 1.165) is 19.4 Å². The molecule has 0 radical (unpaired) electrons. The minimum absolute atomic E-state index is 0.415. The van der Waals surface area contributed by atoms with Crippen LogP contribution in [0.25, 0.3) is 0 Å². The molecule has 1 aliphatic heterocycles. The van der Waals surface area contributed by atoms with E-state index in [1.165, 1.54) is 43.7 Å². The van der Waals surface area contributed by atoms with Gasteiger partial charge in [-0.2, -0.15) is 0 Å². The van der Waals surface area contributed by atoms with Crippen LogP contribution in [0.1, 0.15) is 61.9 Å². The number of aromatic nitrogens is 2. The summed E-state index contributed by atoms with van der Waals surface area (Å²) in [4.78, 5) is 10.7. The maximum absolute atomic E-state index is 5.98. The van der Waals surface area contributed by atoms with Crippen LogP contribution in [0.3, 0.4) is 0 Å². The van der Waals surface area contributed by atoms with E-state index in [9.17, 15) is 0 Å². The number of likely N-dealkylation sites (N-methyl/N-ethyl adjacent to an activating group) is 1. The van der Waals surface area contributed by atoms with Gasteiger partial charge in [-0.15, -0.1) is 0 Å². The lowest BCUT2D eigenvalue weighted by Crippen LogP contribution is -2.31. The fourth-order valence-corrected chi connectivity index (χ4v) is 3.58. The van der Waals surface area contributed by atoms with E-state index in [4.69, 9.17) is 5.73 Å². The molecule has 2 aliphatic rings. The van der Waals surface area contributed by atoms with Crippen molar-refractivity contribution in [1.29, 1.82) is 0 Å². The molecule has 1 saturated heterocycles. The van der Waals surface area contributed by atoms with E-state index in [2.05, 4.69) is 28.1 Å². The number of nitrogens with two attached hydrogens (primary N) is 1. The monoisotopic (exact) mass is 262 g/mol. The van der Waals surface area contributed by atoms with Crippen molar-refractivity contribution in [2.75, 3.05) is 20.1 Å². The van der Waals surface area contributed by atoms with Gasteiger partial charge in [0.25, 0.3) is 0 Å². The Morgan fingerprint density at radius 3 is 2.74 bits per heavy atom. The maximum Gasteiger partial charge on any atom is 0.109 e. The molecule has 1 aliphatic carbocycles. The van der Waals surface area contributed by atoms with Crippen molar-refractivity contribution in [1.82, 2.24) is 14.9 Å². The van der Waals surface area contributed by atoms with Gasteiger partial charge in [-0.3, -0.25) is 0 Å². The highest BCUT2D eigenvalue weighted by Gasteiger charge is 2.25. The highest BCUT2D eigenvalue weighted by atomic mass is 15.1. The Morgan fingerprint density at radius 1 is 1.21 bits per heavy atom. The van der Waals surface area contributed by atoms with Crippen molar-refractivity contribution in [2.45, 2.75) is 56.4 Å². The van der Waals surface area contributed by atoms with Crippen LogP contribution in [0.5, 0.6) is 0 Å². The molecule has 1 aromatic heterocycles. The molecule has 1 atom stereocenters. The smallest absolute Gasteiger partial charge is 0.109 e. The molecule has 0 aromatic carbocycles. The van der Waals surface area contributed by atoms with Crippen LogP contribution >= 0.6 is 0 Å². The van der Waals surface area contributed by atoms with Crippen molar-refractivity contribution in [2.24, 2.45) is 5.73 Å².